The van der Waals surface area contributed by atoms with Gasteiger partial charge in [-0.25, -0.2) is 14.4 Å². The van der Waals surface area contributed by atoms with Crippen LogP contribution in [-0.4, -0.2) is 9.97 Å². The third-order valence-corrected chi connectivity index (χ3v) is 2.40. The summed E-state index contributed by atoms with van der Waals surface area (Å²) in [6.07, 6.45) is 1.68. The van der Waals surface area contributed by atoms with Gasteiger partial charge in [-0.3, -0.25) is 0 Å². The lowest BCUT2D eigenvalue weighted by Gasteiger charge is -2.06. The lowest BCUT2D eigenvalue weighted by atomic mass is 10.2. The van der Waals surface area contributed by atoms with Crippen LogP contribution >= 0.6 is 0 Å². The zero-order chi connectivity index (χ0) is 13.0. The van der Waals surface area contributed by atoms with E-state index >= 15 is 0 Å². The fraction of sp³-hybridized carbons (Fsp3) is 0.154. The Hall–Kier alpha value is -2.48. The van der Waals surface area contributed by atoms with Gasteiger partial charge in [0.05, 0.1) is 17.8 Å². The van der Waals surface area contributed by atoms with Crippen molar-refractivity contribution in [1.82, 2.24) is 9.97 Å². The van der Waals surface area contributed by atoms with Crippen molar-refractivity contribution in [2.24, 2.45) is 0 Å². The van der Waals surface area contributed by atoms with Crippen molar-refractivity contribution in [3.63, 3.8) is 0 Å². The van der Waals surface area contributed by atoms with Crippen molar-refractivity contribution in [2.45, 2.75) is 13.5 Å². The summed E-state index contributed by atoms with van der Waals surface area (Å²) in [5, 5.41) is 11.7. The fourth-order valence-corrected chi connectivity index (χ4v) is 1.51. The molecular formula is C13H11FN4. The molecule has 1 heterocycles. The molecule has 0 amide bonds. The fourth-order valence-electron chi connectivity index (χ4n) is 1.51. The van der Waals surface area contributed by atoms with E-state index in [1.807, 2.05) is 6.92 Å². The molecule has 90 valence electrons. The summed E-state index contributed by atoms with van der Waals surface area (Å²) >= 11 is 0. The lowest BCUT2D eigenvalue weighted by Crippen LogP contribution is -2.03. The van der Waals surface area contributed by atoms with Gasteiger partial charge in [0.25, 0.3) is 0 Å². The third-order valence-electron chi connectivity index (χ3n) is 2.40. The molecule has 1 aromatic heterocycles. The van der Waals surface area contributed by atoms with E-state index in [1.54, 1.807) is 24.4 Å². The highest BCUT2D eigenvalue weighted by molar-refractivity contribution is 5.48. The van der Waals surface area contributed by atoms with E-state index in [4.69, 9.17) is 5.26 Å². The molecule has 0 saturated carbocycles. The first-order chi connectivity index (χ1) is 8.69. The number of nitrogens with one attached hydrogen (secondary N) is 1. The molecule has 0 atom stereocenters. The number of aryl methyl sites for hydroxylation is 1. The summed E-state index contributed by atoms with van der Waals surface area (Å²) < 4.78 is 13.4. The minimum atomic E-state index is -0.527. The summed E-state index contributed by atoms with van der Waals surface area (Å²) in [4.78, 5) is 8.22. The second kappa shape index (κ2) is 5.23. The Labute approximate surface area is 104 Å². The predicted molar refractivity (Wildman–Crippen MR) is 65.2 cm³/mol. The first-order valence-electron chi connectivity index (χ1n) is 5.41. The normalized spacial score (nSPS) is 9.83. The largest absolute Gasteiger partial charge is 0.379 e. The smallest absolute Gasteiger partial charge is 0.143 e. The quantitative estimate of drug-likeness (QED) is 0.897. The van der Waals surface area contributed by atoms with Crippen LogP contribution in [-0.2, 0) is 6.54 Å². The summed E-state index contributed by atoms with van der Waals surface area (Å²) in [6, 6.07) is 7.98. The molecule has 18 heavy (non-hydrogen) atoms. The lowest BCUT2D eigenvalue weighted by molar-refractivity contribution is 0.624. The number of aromatic nitrogens is 2. The van der Waals surface area contributed by atoms with E-state index in [0.717, 1.165) is 5.69 Å². The number of nitriles is 1. The summed E-state index contributed by atoms with van der Waals surface area (Å²) in [5.41, 5.74) is 1.48. The van der Waals surface area contributed by atoms with Gasteiger partial charge in [-0.1, -0.05) is 0 Å². The summed E-state index contributed by atoms with van der Waals surface area (Å²) in [7, 11) is 0. The third kappa shape index (κ3) is 2.80. The highest BCUT2D eigenvalue weighted by Crippen LogP contribution is 2.14. The van der Waals surface area contributed by atoms with E-state index in [2.05, 4.69) is 15.3 Å². The van der Waals surface area contributed by atoms with Crippen LogP contribution in [0.1, 0.15) is 17.1 Å². The maximum absolute atomic E-state index is 13.4. The van der Waals surface area contributed by atoms with Gasteiger partial charge in [0, 0.05) is 11.9 Å². The zero-order valence-corrected chi connectivity index (χ0v) is 9.81. The molecule has 2 rings (SSSR count). The van der Waals surface area contributed by atoms with Crippen molar-refractivity contribution in [1.29, 1.82) is 5.26 Å². The molecule has 0 aliphatic heterocycles. The predicted octanol–water partition coefficient (Wildman–Crippen LogP) is 2.41. The monoisotopic (exact) mass is 242 g/mol. The Kier molecular flexibility index (Phi) is 3.49. The average Bonchev–Trinajstić information content (AvgIpc) is 2.37. The average molecular weight is 242 g/mol. The molecule has 2 aromatic rings. The van der Waals surface area contributed by atoms with E-state index in [-0.39, 0.29) is 5.56 Å². The van der Waals surface area contributed by atoms with Crippen LogP contribution in [0.5, 0.6) is 0 Å². The van der Waals surface area contributed by atoms with E-state index in [0.29, 0.717) is 18.1 Å². The zero-order valence-electron chi connectivity index (χ0n) is 9.81. The van der Waals surface area contributed by atoms with Gasteiger partial charge < -0.3 is 5.32 Å². The molecule has 5 heteroatoms. The van der Waals surface area contributed by atoms with Crippen LogP contribution in [0.15, 0.2) is 30.5 Å². The molecule has 0 saturated heterocycles. The minimum Gasteiger partial charge on any atom is -0.379 e. The molecule has 0 aliphatic carbocycles. The minimum absolute atomic E-state index is 0.0402. The molecule has 0 aliphatic rings. The number of nitrogens with zero attached hydrogens (tertiary/aromatic N) is 3. The maximum Gasteiger partial charge on any atom is 0.143 e. The Morgan fingerprint density at radius 3 is 2.89 bits per heavy atom. The molecule has 4 nitrogen and oxygen atoms in total. The molecule has 0 spiro atoms. The second-order valence-electron chi connectivity index (χ2n) is 3.76. The number of rotatable bonds is 3. The highest BCUT2D eigenvalue weighted by Gasteiger charge is 2.02. The van der Waals surface area contributed by atoms with Gasteiger partial charge in [-0.2, -0.15) is 5.26 Å². The van der Waals surface area contributed by atoms with Gasteiger partial charge in [-0.15, -0.1) is 0 Å². The van der Waals surface area contributed by atoms with Crippen LogP contribution in [0, 0.1) is 24.1 Å². The topological polar surface area (TPSA) is 61.6 Å². The Balaban J connectivity index is 2.07. The van der Waals surface area contributed by atoms with Crippen LogP contribution in [0.4, 0.5) is 10.1 Å². The SMILES string of the molecule is Cc1nccc(CNc2ccc(C#N)c(F)c2)n1. The van der Waals surface area contributed by atoms with Crippen LogP contribution in [0.2, 0.25) is 0 Å². The number of hydrogen-bond donors (Lipinski definition) is 1. The van der Waals surface area contributed by atoms with Gasteiger partial charge in [-0.05, 0) is 31.2 Å². The van der Waals surface area contributed by atoms with E-state index in [1.165, 1.54) is 12.1 Å². The van der Waals surface area contributed by atoms with Crippen LogP contribution < -0.4 is 5.32 Å². The number of anilines is 1. The molecule has 0 fully saturated rings. The maximum atomic E-state index is 13.4. The molecule has 0 radical (unpaired) electrons. The van der Waals surface area contributed by atoms with Gasteiger partial charge in [0.1, 0.15) is 17.7 Å². The molecular weight excluding hydrogens is 231 g/mol. The first-order valence-corrected chi connectivity index (χ1v) is 5.41. The summed E-state index contributed by atoms with van der Waals surface area (Å²) in [5.74, 6) is 0.168. The van der Waals surface area contributed by atoms with Crippen molar-refractivity contribution in [2.75, 3.05) is 5.32 Å². The van der Waals surface area contributed by atoms with Gasteiger partial charge in [0.2, 0.25) is 0 Å². The molecule has 0 unspecified atom stereocenters. The molecule has 1 aromatic carbocycles. The van der Waals surface area contributed by atoms with Crippen molar-refractivity contribution in [3.05, 3.63) is 53.4 Å². The number of hydrogen-bond acceptors (Lipinski definition) is 4. The number of halogens is 1. The highest BCUT2D eigenvalue weighted by atomic mass is 19.1. The standard InChI is InChI=1S/C13H11FN4/c1-9-16-5-4-12(18-9)8-17-11-3-2-10(7-15)13(14)6-11/h2-6,17H,8H2,1H3. The Morgan fingerprint density at radius 1 is 1.39 bits per heavy atom. The van der Waals surface area contributed by atoms with Crippen LogP contribution in [0.25, 0.3) is 0 Å². The molecule has 1 N–H and O–H groups in total. The number of benzene rings is 1. The van der Waals surface area contributed by atoms with Crippen molar-refractivity contribution >= 4 is 5.69 Å². The van der Waals surface area contributed by atoms with E-state index in [9.17, 15) is 4.39 Å². The van der Waals surface area contributed by atoms with E-state index < -0.39 is 5.82 Å². The van der Waals surface area contributed by atoms with Crippen molar-refractivity contribution < 1.29 is 4.39 Å². The van der Waals surface area contributed by atoms with Crippen LogP contribution in [0.3, 0.4) is 0 Å². The first kappa shape index (κ1) is 12.0. The summed E-state index contributed by atoms with van der Waals surface area (Å²) in [6.45, 7) is 2.29. The van der Waals surface area contributed by atoms with Gasteiger partial charge >= 0.3 is 0 Å². The van der Waals surface area contributed by atoms with Crippen molar-refractivity contribution in [3.8, 4) is 6.07 Å². The molecule has 0 bridgehead atoms. The van der Waals surface area contributed by atoms with Gasteiger partial charge in [0.15, 0.2) is 0 Å². The second-order valence-corrected chi connectivity index (χ2v) is 3.76. The Morgan fingerprint density at radius 2 is 2.22 bits per heavy atom. The Bertz CT molecular complexity index is 604.